The van der Waals surface area contributed by atoms with E-state index >= 15 is 0 Å². The molecule has 2 atom stereocenters. The molecule has 1 saturated heterocycles. The van der Waals surface area contributed by atoms with Crippen LogP contribution < -0.4 is 10.2 Å². The van der Waals surface area contributed by atoms with Crippen LogP contribution in [0.5, 0.6) is 11.5 Å². The third-order valence-electron chi connectivity index (χ3n) is 7.13. The average Bonchev–Trinajstić information content (AvgIpc) is 3.46. The van der Waals surface area contributed by atoms with Gasteiger partial charge in [-0.15, -0.1) is 0 Å². The van der Waals surface area contributed by atoms with E-state index in [1.807, 2.05) is 13.8 Å². The van der Waals surface area contributed by atoms with Crippen molar-refractivity contribution in [3.8, 4) is 11.5 Å². The van der Waals surface area contributed by atoms with Crippen molar-refractivity contribution in [2.45, 2.75) is 84.0 Å². The Kier molecular flexibility index (Phi) is 7.02. The summed E-state index contributed by atoms with van der Waals surface area (Å²) in [6, 6.07) is 9.59. The molecule has 0 saturated carbocycles. The number of phenols is 2. The van der Waals surface area contributed by atoms with Crippen molar-refractivity contribution in [3.05, 3.63) is 42.0 Å². The van der Waals surface area contributed by atoms with Gasteiger partial charge in [-0.1, -0.05) is 32.8 Å². The molecule has 2 aliphatic heterocycles. The molecule has 1 amide bonds. The Morgan fingerprint density at radius 3 is 2.74 bits per heavy atom. The lowest BCUT2D eigenvalue weighted by molar-refractivity contribution is -0.0238. The Bertz CT molecular complexity index is 1080. The highest BCUT2D eigenvalue weighted by atomic mass is 16.6. The normalized spacial score (nSPS) is 21.4. The minimum absolute atomic E-state index is 0.0102. The number of para-hydroxylation sites is 1. The number of hydrogen-bond donors (Lipinski definition) is 3. The standard InChI is InChI=1S/C28H38N2O5/c1-18(2)8-7-14-28(5)24(35-28)13-15-27(3,4)34-17-30-22-16-19(31)11-12-21(22)29-25-20(26(30)33)9-6-10-23(25)32/h6,9-12,16,18,24,29,31-32H,7-8,13-15,17H2,1-5H3. The van der Waals surface area contributed by atoms with E-state index in [4.69, 9.17) is 9.47 Å². The number of benzene rings is 2. The van der Waals surface area contributed by atoms with Gasteiger partial charge in [-0.05, 0) is 70.2 Å². The molecule has 3 N–H and O–H groups in total. The average molecular weight is 483 g/mol. The van der Waals surface area contributed by atoms with Crippen LogP contribution >= 0.6 is 0 Å². The smallest absolute Gasteiger partial charge is 0.262 e. The fourth-order valence-corrected chi connectivity index (χ4v) is 4.74. The Morgan fingerprint density at radius 2 is 2.00 bits per heavy atom. The summed E-state index contributed by atoms with van der Waals surface area (Å²) < 4.78 is 12.3. The molecule has 0 aliphatic carbocycles. The number of rotatable bonds is 10. The predicted octanol–water partition coefficient (Wildman–Crippen LogP) is 6.32. The lowest BCUT2D eigenvalue weighted by Gasteiger charge is -2.30. The first-order chi connectivity index (χ1) is 16.5. The molecule has 0 aromatic heterocycles. The van der Waals surface area contributed by atoms with Crippen molar-refractivity contribution in [2.75, 3.05) is 16.9 Å². The first-order valence-corrected chi connectivity index (χ1v) is 12.5. The highest BCUT2D eigenvalue weighted by Gasteiger charge is 2.51. The van der Waals surface area contributed by atoms with Crippen LogP contribution in [-0.2, 0) is 9.47 Å². The fourth-order valence-electron chi connectivity index (χ4n) is 4.74. The van der Waals surface area contributed by atoms with Gasteiger partial charge in [0.15, 0.2) is 0 Å². The Hall–Kier alpha value is -2.77. The van der Waals surface area contributed by atoms with Crippen molar-refractivity contribution >= 4 is 23.0 Å². The highest BCUT2D eigenvalue weighted by Crippen LogP contribution is 2.45. The van der Waals surface area contributed by atoms with Crippen LogP contribution in [0.25, 0.3) is 0 Å². The topological polar surface area (TPSA) is 94.6 Å². The molecule has 0 radical (unpaired) electrons. The highest BCUT2D eigenvalue weighted by molar-refractivity contribution is 6.14. The van der Waals surface area contributed by atoms with Crippen LogP contribution in [0.1, 0.15) is 77.1 Å². The molecule has 7 heteroatoms. The summed E-state index contributed by atoms with van der Waals surface area (Å²) in [6.07, 6.45) is 5.42. The fraction of sp³-hybridized carbons (Fsp3) is 0.536. The quantitative estimate of drug-likeness (QED) is 0.208. The van der Waals surface area contributed by atoms with Crippen LogP contribution in [-0.4, -0.2) is 40.2 Å². The van der Waals surface area contributed by atoms with Crippen LogP contribution in [0.15, 0.2) is 36.4 Å². The third-order valence-corrected chi connectivity index (χ3v) is 7.13. The zero-order valence-corrected chi connectivity index (χ0v) is 21.4. The zero-order chi connectivity index (χ0) is 25.4. The number of carbonyl (C=O) groups excluding carboxylic acids is 1. The number of amides is 1. The van der Waals surface area contributed by atoms with Crippen LogP contribution in [0.4, 0.5) is 17.1 Å². The number of nitrogens with one attached hydrogen (secondary N) is 1. The second-order valence-electron chi connectivity index (χ2n) is 11.0. The zero-order valence-electron chi connectivity index (χ0n) is 21.4. The summed E-state index contributed by atoms with van der Waals surface area (Å²) in [5.41, 5.74) is 1.26. The summed E-state index contributed by atoms with van der Waals surface area (Å²) in [6.45, 7) is 10.8. The van der Waals surface area contributed by atoms with Gasteiger partial charge in [0.25, 0.3) is 5.91 Å². The number of anilines is 3. The third kappa shape index (κ3) is 5.73. The van der Waals surface area contributed by atoms with Gasteiger partial charge in [0.05, 0.1) is 39.9 Å². The Balaban J connectivity index is 1.42. The molecule has 2 heterocycles. The summed E-state index contributed by atoms with van der Waals surface area (Å²) in [5.74, 6) is 0.425. The minimum atomic E-state index is -0.483. The van der Waals surface area contributed by atoms with E-state index in [1.165, 1.54) is 35.9 Å². The van der Waals surface area contributed by atoms with Crippen molar-refractivity contribution < 1.29 is 24.5 Å². The minimum Gasteiger partial charge on any atom is -0.508 e. The van der Waals surface area contributed by atoms with Gasteiger partial charge in [-0.2, -0.15) is 0 Å². The molecule has 2 unspecified atom stereocenters. The largest absolute Gasteiger partial charge is 0.508 e. The molecular formula is C28H38N2O5. The van der Waals surface area contributed by atoms with Crippen LogP contribution in [0.3, 0.4) is 0 Å². The van der Waals surface area contributed by atoms with Crippen LogP contribution in [0, 0.1) is 5.92 Å². The van der Waals surface area contributed by atoms with Gasteiger partial charge < -0.3 is 25.0 Å². The van der Waals surface area contributed by atoms with Gasteiger partial charge in [0.1, 0.15) is 18.2 Å². The number of phenolic OH excluding ortho intramolecular Hbond substituents is 2. The molecule has 0 spiro atoms. The number of ether oxygens (including phenoxy) is 2. The van der Waals surface area contributed by atoms with E-state index in [0.717, 1.165) is 19.3 Å². The SMILES string of the molecule is CC(C)CCCC1(C)OC1CCC(C)(C)OCN1C(=O)c2cccc(O)c2Nc2ccc(O)cc21. The predicted molar refractivity (Wildman–Crippen MR) is 138 cm³/mol. The van der Waals surface area contributed by atoms with Crippen molar-refractivity contribution in [1.82, 2.24) is 0 Å². The first kappa shape index (κ1) is 25.3. The van der Waals surface area contributed by atoms with E-state index in [-0.39, 0.29) is 35.8 Å². The lowest BCUT2D eigenvalue weighted by Crippen LogP contribution is -2.37. The number of hydrogen-bond acceptors (Lipinski definition) is 6. The van der Waals surface area contributed by atoms with Gasteiger partial charge in [0.2, 0.25) is 0 Å². The van der Waals surface area contributed by atoms with Gasteiger partial charge >= 0.3 is 0 Å². The van der Waals surface area contributed by atoms with Gasteiger partial charge in [-0.3, -0.25) is 9.69 Å². The molecule has 2 aromatic rings. The van der Waals surface area contributed by atoms with Gasteiger partial charge in [0, 0.05) is 6.07 Å². The maximum absolute atomic E-state index is 13.5. The van der Waals surface area contributed by atoms with E-state index in [0.29, 0.717) is 28.5 Å². The van der Waals surface area contributed by atoms with Crippen molar-refractivity contribution in [2.24, 2.45) is 5.92 Å². The molecule has 2 aromatic carbocycles. The summed E-state index contributed by atoms with van der Waals surface area (Å²) in [4.78, 5) is 15.0. The lowest BCUT2D eigenvalue weighted by atomic mass is 9.92. The summed E-state index contributed by atoms with van der Waals surface area (Å²) >= 11 is 0. The van der Waals surface area contributed by atoms with E-state index in [9.17, 15) is 15.0 Å². The second kappa shape index (κ2) is 9.70. The second-order valence-corrected chi connectivity index (χ2v) is 11.0. The molecule has 190 valence electrons. The molecule has 35 heavy (non-hydrogen) atoms. The Labute approximate surface area is 208 Å². The summed E-state index contributed by atoms with van der Waals surface area (Å²) in [7, 11) is 0. The first-order valence-electron chi connectivity index (χ1n) is 12.5. The van der Waals surface area contributed by atoms with Crippen molar-refractivity contribution in [3.63, 3.8) is 0 Å². The molecule has 4 rings (SSSR count). The molecular weight excluding hydrogens is 444 g/mol. The van der Waals surface area contributed by atoms with Crippen molar-refractivity contribution in [1.29, 1.82) is 0 Å². The number of fused-ring (bicyclic) bond motifs is 2. The monoisotopic (exact) mass is 482 g/mol. The molecule has 0 bridgehead atoms. The number of carbonyl (C=O) groups is 1. The maximum atomic E-state index is 13.5. The molecule has 1 fully saturated rings. The molecule has 2 aliphatic rings. The summed E-state index contributed by atoms with van der Waals surface area (Å²) in [5, 5.41) is 23.6. The van der Waals surface area contributed by atoms with E-state index in [2.05, 4.69) is 26.1 Å². The van der Waals surface area contributed by atoms with E-state index < -0.39 is 5.60 Å². The van der Waals surface area contributed by atoms with Crippen LogP contribution in [0.2, 0.25) is 0 Å². The number of aromatic hydroxyl groups is 2. The number of epoxide rings is 1. The number of nitrogens with zero attached hydrogens (tertiary/aromatic N) is 1. The molecule has 7 nitrogen and oxygen atoms in total. The van der Waals surface area contributed by atoms with Gasteiger partial charge in [-0.25, -0.2) is 0 Å². The van der Waals surface area contributed by atoms with E-state index in [1.54, 1.807) is 18.2 Å². The Morgan fingerprint density at radius 1 is 1.23 bits per heavy atom. The maximum Gasteiger partial charge on any atom is 0.262 e.